The number of carbonyl (C=O) groups excluding carboxylic acids is 1. The smallest absolute Gasteiger partial charge is 0.137 e. The summed E-state index contributed by atoms with van der Waals surface area (Å²) in [6.45, 7) is 0.277. The van der Waals surface area contributed by atoms with Crippen LogP contribution < -0.4 is 10.5 Å². The van der Waals surface area contributed by atoms with Crippen LogP contribution in [-0.4, -0.2) is 18.9 Å². The van der Waals surface area contributed by atoms with Gasteiger partial charge in [0.25, 0.3) is 0 Å². The largest absolute Gasteiger partial charge is 0.489 e. The molecule has 1 aliphatic carbocycles. The fourth-order valence-corrected chi connectivity index (χ4v) is 1.99. The molecule has 0 spiro atoms. The molecule has 2 rings (SSSR count). The van der Waals surface area contributed by atoms with Crippen molar-refractivity contribution in [1.29, 1.82) is 0 Å². The SMILES string of the molecule is NC/C(=C\F)COc1ccc2c(c1)CC(=O)CC2. The maximum atomic E-state index is 12.3. The summed E-state index contributed by atoms with van der Waals surface area (Å²) in [5.74, 6) is 0.905. The second-order valence-corrected chi connectivity index (χ2v) is 4.41. The molecule has 3 nitrogen and oxygen atoms in total. The number of fused-ring (bicyclic) bond motifs is 1. The van der Waals surface area contributed by atoms with E-state index in [1.54, 1.807) is 0 Å². The molecule has 18 heavy (non-hydrogen) atoms. The van der Waals surface area contributed by atoms with Gasteiger partial charge in [-0.2, -0.15) is 0 Å². The molecule has 96 valence electrons. The molecular weight excluding hydrogens is 233 g/mol. The van der Waals surface area contributed by atoms with Crippen LogP contribution in [0.4, 0.5) is 4.39 Å². The van der Waals surface area contributed by atoms with Gasteiger partial charge in [-0.1, -0.05) is 6.07 Å². The molecule has 1 aliphatic rings. The minimum Gasteiger partial charge on any atom is -0.489 e. The highest BCUT2D eigenvalue weighted by molar-refractivity contribution is 5.83. The van der Waals surface area contributed by atoms with Crippen molar-refractivity contribution in [3.63, 3.8) is 0 Å². The second kappa shape index (κ2) is 5.78. The van der Waals surface area contributed by atoms with Crippen LogP contribution in [0.2, 0.25) is 0 Å². The molecule has 0 atom stereocenters. The Balaban J connectivity index is 2.07. The summed E-state index contributed by atoms with van der Waals surface area (Å²) in [7, 11) is 0. The molecule has 0 heterocycles. The monoisotopic (exact) mass is 249 g/mol. The Morgan fingerprint density at radius 3 is 2.94 bits per heavy atom. The van der Waals surface area contributed by atoms with Gasteiger partial charge in [0.1, 0.15) is 18.1 Å². The number of ketones is 1. The van der Waals surface area contributed by atoms with E-state index in [9.17, 15) is 9.18 Å². The van der Waals surface area contributed by atoms with Crippen molar-refractivity contribution < 1.29 is 13.9 Å². The number of nitrogens with two attached hydrogens (primary N) is 1. The standard InChI is InChI=1S/C14H16FNO2/c15-7-10(8-16)9-18-14-4-2-11-1-3-13(17)5-12(11)6-14/h2,4,6-7H,1,3,5,8-9,16H2/b10-7+. The molecular formula is C14H16FNO2. The van der Waals surface area contributed by atoms with Crippen LogP contribution in [0.1, 0.15) is 17.5 Å². The fraction of sp³-hybridized carbons (Fsp3) is 0.357. The van der Waals surface area contributed by atoms with Crippen LogP contribution in [0.15, 0.2) is 30.1 Å². The Bertz CT molecular complexity index is 483. The molecule has 0 aliphatic heterocycles. The Labute approximate surface area is 105 Å². The molecule has 0 fully saturated rings. The van der Waals surface area contributed by atoms with E-state index in [2.05, 4.69) is 0 Å². The molecule has 0 amide bonds. The highest BCUT2D eigenvalue weighted by Gasteiger charge is 2.15. The maximum absolute atomic E-state index is 12.3. The van der Waals surface area contributed by atoms with Crippen molar-refractivity contribution in [2.75, 3.05) is 13.2 Å². The maximum Gasteiger partial charge on any atom is 0.137 e. The molecule has 4 heteroatoms. The van der Waals surface area contributed by atoms with Gasteiger partial charge in [-0.25, -0.2) is 4.39 Å². The van der Waals surface area contributed by atoms with Crippen LogP contribution >= 0.6 is 0 Å². The Kier molecular flexibility index (Phi) is 4.10. The van der Waals surface area contributed by atoms with Crippen molar-refractivity contribution in [2.45, 2.75) is 19.3 Å². The summed E-state index contributed by atoms with van der Waals surface area (Å²) < 4.78 is 17.8. The number of hydrogen-bond donors (Lipinski definition) is 1. The Morgan fingerprint density at radius 1 is 1.39 bits per heavy atom. The highest BCUT2D eigenvalue weighted by Crippen LogP contribution is 2.24. The lowest BCUT2D eigenvalue weighted by molar-refractivity contribution is -0.118. The van der Waals surface area contributed by atoms with Crippen molar-refractivity contribution in [2.24, 2.45) is 5.73 Å². The molecule has 1 aromatic carbocycles. The third kappa shape index (κ3) is 2.96. The van der Waals surface area contributed by atoms with Crippen LogP contribution in [0.3, 0.4) is 0 Å². The lowest BCUT2D eigenvalue weighted by Crippen LogP contribution is -2.14. The van der Waals surface area contributed by atoms with E-state index < -0.39 is 0 Å². The molecule has 0 unspecified atom stereocenters. The van der Waals surface area contributed by atoms with Gasteiger partial charge >= 0.3 is 0 Å². The van der Waals surface area contributed by atoms with Crippen molar-refractivity contribution in [3.05, 3.63) is 41.2 Å². The van der Waals surface area contributed by atoms with Gasteiger partial charge < -0.3 is 10.5 Å². The minimum absolute atomic E-state index is 0.139. The quantitative estimate of drug-likeness (QED) is 0.887. The van der Waals surface area contributed by atoms with Crippen molar-refractivity contribution in [1.82, 2.24) is 0 Å². The summed E-state index contributed by atoms with van der Waals surface area (Å²) in [6.07, 6.45) is 2.36. The van der Waals surface area contributed by atoms with E-state index in [0.717, 1.165) is 12.0 Å². The van der Waals surface area contributed by atoms with E-state index in [1.807, 2.05) is 18.2 Å². The van der Waals surface area contributed by atoms with Gasteiger partial charge in [0.05, 0.1) is 6.33 Å². The summed E-state index contributed by atoms with van der Waals surface area (Å²) in [5, 5.41) is 0. The van der Waals surface area contributed by atoms with Gasteiger partial charge in [0.15, 0.2) is 0 Å². The van der Waals surface area contributed by atoms with E-state index >= 15 is 0 Å². The summed E-state index contributed by atoms with van der Waals surface area (Å²) in [6, 6.07) is 5.68. The zero-order valence-electron chi connectivity index (χ0n) is 10.1. The van der Waals surface area contributed by atoms with E-state index in [-0.39, 0.29) is 18.9 Å². The number of aryl methyl sites for hydroxylation is 1. The number of carbonyl (C=O) groups is 1. The molecule has 1 aromatic rings. The molecule has 2 N–H and O–H groups in total. The summed E-state index contributed by atoms with van der Waals surface area (Å²) in [4.78, 5) is 11.4. The first-order valence-corrected chi connectivity index (χ1v) is 5.97. The van der Waals surface area contributed by atoms with Gasteiger partial charge in [-0.3, -0.25) is 4.79 Å². The van der Waals surface area contributed by atoms with Crippen molar-refractivity contribution >= 4 is 5.78 Å². The number of Topliss-reactive ketones (excluding diaryl/α,β-unsaturated/α-hetero) is 1. The van der Waals surface area contributed by atoms with E-state index in [0.29, 0.717) is 30.5 Å². The average molecular weight is 249 g/mol. The number of rotatable bonds is 4. The molecule has 0 saturated heterocycles. The van der Waals surface area contributed by atoms with Crippen molar-refractivity contribution in [3.8, 4) is 5.75 Å². The van der Waals surface area contributed by atoms with Crippen LogP contribution in [-0.2, 0) is 17.6 Å². The number of hydrogen-bond acceptors (Lipinski definition) is 3. The number of benzene rings is 1. The van der Waals surface area contributed by atoms with Gasteiger partial charge in [-0.05, 0) is 29.7 Å². The Morgan fingerprint density at radius 2 is 2.22 bits per heavy atom. The predicted molar refractivity (Wildman–Crippen MR) is 67.2 cm³/mol. The molecule has 0 saturated carbocycles. The zero-order valence-corrected chi connectivity index (χ0v) is 10.1. The topological polar surface area (TPSA) is 52.3 Å². The third-order valence-electron chi connectivity index (χ3n) is 3.08. The minimum atomic E-state index is 0.139. The van der Waals surface area contributed by atoms with Gasteiger partial charge in [0.2, 0.25) is 0 Å². The zero-order chi connectivity index (χ0) is 13.0. The Hall–Kier alpha value is -1.68. The molecule has 0 radical (unpaired) electrons. The first-order valence-electron chi connectivity index (χ1n) is 5.97. The summed E-state index contributed by atoms with van der Waals surface area (Å²) in [5.41, 5.74) is 7.96. The van der Waals surface area contributed by atoms with E-state index in [1.165, 1.54) is 5.56 Å². The van der Waals surface area contributed by atoms with Crippen LogP contribution in [0.5, 0.6) is 5.75 Å². The first-order chi connectivity index (χ1) is 8.72. The van der Waals surface area contributed by atoms with Gasteiger partial charge in [0, 0.05) is 25.0 Å². The lowest BCUT2D eigenvalue weighted by atomic mass is 9.91. The first kappa shape index (κ1) is 12.8. The highest BCUT2D eigenvalue weighted by atomic mass is 19.1. The normalized spacial score (nSPS) is 15.4. The fourth-order valence-electron chi connectivity index (χ4n) is 1.99. The average Bonchev–Trinajstić information content (AvgIpc) is 2.39. The lowest BCUT2D eigenvalue weighted by Gasteiger charge is -2.16. The number of ether oxygens (including phenoxy) is 1. The predicted octanol–water partition coefficient (Wildman–Crippen LogP) is 1.94. The van der Waals surface area contributed by atoms with Crippen LogP contribution in [0, 0.1) is 0 Å². The summed E-state index contributed by atoms with van der Waals surface area (Å²) >= 11 is 0. The molecule has 0 bridgehead atoms. The van der Waals surface area contributed by atoms with E-state index in [4.69, 9.17) is 10.5 Å². The molecule has 0 aromatic heterocycles. The number of halogens is 1. The third-order valence-corrected chi connectivity index (χ3v) is 3.08. The van der Waals surface area contributed by atoms with Gasteiger partial charge in [-0.15, -0.1) is 0 Å². The second-order valence-electron chi connectivity index (χ2n) is 4.41. The van der Waals surface area contributed by atoms with Crippen LogP contribution in [0.25, 0.3) is 0 Å².